The van der Waals surface area contributed by atoms with Crippen LogP contribution in [0.3, 0.4) is 0 Å². The van der Waals surface area contributed by atoms with Gasteiger partial charge in [-0.1, -0.05) is 25.0 Å². The Morgan fingerprint density at radius 1 is 1.00 bits per heavy atom. The molecule has 1 saturated heterocycles. The summed E-state index contributed by atoms with van der Waals surface area (Å²) in [5.41, 5.74) is 0.620. The fourth-order valence-corrected chi connectivity index (χ4v) is 4.07. The number of aromatic nitrogens is 2. The molecule has 1 aromatic heterocycles. The van der Waals surface area contributed by atoms with Gasteiger partial charge < -0.3 is 4.90 Å². The van der Waals surface area contributed by atoms with Crippen LogP contribution in [0.4, 0.5) is 5.82 Å². The van der Waals surface area contributed by atoms with Crippen LogP contribution in [0.15, 0.2) is 38.8 Å². The minimum atomic E-state index is -3.26. The van der Waals surface area contributed by atoms with E-state index in [0.717, 1.165) is 55.2 Å². The van der Waals surface area contributed by atoms with Gasteiger partial charge in [0.1, 0.15) is 5.82 Å². The van der Waals surface area contributed by atoms with Crippen LogP contribution >= 0.6 is 0 Å². The molecule has 146 valence electrons. The molecule has 0 spiro atoms. The van der Waals surface area contributed by atoms with Gasteiger partial charge in [-0.25, -0.2) is 13.2 Å². The van der Waals surface area contributed by atoms with Crippen molar-refractivity contribution in [2.75, 3.05) is 24.2 Å². The summed E-state index contributed by atoms with van der Waals surface area (Å²) in [7, 11) is -1.80. The van der Waals surface area contributed by atoms with Gasteiger partial charge in [-0.05, 0) is 30.5 Å². The van der Waals surface area contributed by atoms with Crippen LogP contribution in [0.5, 0.6) is 0 Å². The maximum absolute atomic E-state index is 12.8. The smallest absolute Gasteiger partial charge is 0.329 e. The van der Waals surface area contributed by atoms with E-state index in [1.165, 1.54) is 7.05 Å². The lowest BCUT2D eigenvalue weighted by Gasteiger charge is -2.24. The summed E-state index contributed by atoms with van der Waals surface area (Å²) in [6, 6.07) is 6.53. The molecule has 1 aromatic carbocycles. The van der Waals surface area contributed by atoms with Crippen molar-refractivity contribution in [2.45, 2.75) is 37.0 Å². The number of hydrogen-bond acceptors (Lipinski definition) is 5. The van der Waals surface area contributed by atoms with E-state index >= 15 is 0 Å². The third kappa shape index (κ3) is 4.32. The molecule has 0 bridgehead atoms. The first-order valence-corrected chi connectivity index (χ1v) is 11.0. The van der Waals surface area contributed by atoms with Crippen LogP contribution in [-0.4, -0.2) is 37.3 Å². The van der Waals surface area contributed by atoms with Gasteiger partial charge in [0.25, 0.3) is 5.56 Å². The number of rotatable bonds is 4. The molecular formula is C19H25N3O4S. The molecule has 1 aliphatic rings. The highest BCUT2D eigenvalue weighted by molar-refractivity contribution is 7.90. The van der Waals surface area contributed by atoms with Gasteiger partial charge in [0.05, 0.1) is 10.5 Å². The zero-order valence-electron chi connectivity index (χ0n) is 15.7. The number of aromatic amines is 1. The first-order valence-electron chi connectivity index (χ1n) is 9.13. The maximum atomic E-state index is 12.8. The number of sulfone groups is 1. The Bertz CT molecular complexity index is 1030. The van der Waals surface area contributed by atoms with Crippen LogP contribution in [0.2, 0.25) is 0 Å². The average Bonchev–Trinajstić information content (AvgIpc) is 2.91. The molecule has 0 atom stereocenters. The number of H-pyrrole nitrogens is 1. The zero-order valence-corrected chi connectivity index (χ0v) is 16.5. The first-order chi connectivity index (χ1) is 12.8. The summed E-state index contributed by atoms with van der Waals surface area (Å²) >= 11 is 0. The van der Waals surface area contributed by atoms with Crippen LogP contribution in [0, 0.1) is 0 Å². The van der Waals surface area contributed by atoms with Gasteiger partial charge >= 0.3 is 5.69 Å². The van der Waals surface area contributed by atoms with E-state index in [9.17, 15) is 18.0 Å². The van der Waals surface area contributed by atoms with E-state index in [1.54, 1.807) is 24.3 Å². The lowest BCUT2D eigenvalue weighted by atomic mass is 10.1. The number of nitrogens with zero attached hydrogens (tertiary/aromatic N) is 2. The minimum Gasteiger partial charge on any atom is -0.358 e. The Labute approximate surface area is 158 Å². The average molecular weight is 391 g/mol. The summed E-state index contributed by atoms with van der Waals surface area (Å²) in [5.74, 6) is 0.595. The zero-order chi connectivity index (χ0) is 19.6. The van der Waals surface area contributed by atoms with Gasteiger partial charge in [-0.2, -0.15) is 0 Å². The molecule has 1 aliphatic heterocycles. The maximum Gasteiger partial charge on any atom is 0.329 e. The molecule has 3 rings (SSSR count). The quantitative estimate of drug-likeness (QED) is 0.852. The second-order valence-corrected chi connectivity index (χ2v) is 9.13. The molecule has 0 radical (unpaired) electrons. The Kier molecular flexibility index (Phi) is 5.55. The summed E-state index contributed by atoms with van der Waals surface area (Å²) in [6.45, 7) is 1.62. The normalized spacial score (nSPS) is 15.6. The van der Waals surface area contributed by atoms with Gasteiger partial charge in [-0.3, -0.25) is 14.3 Å². The molecule has 7 nitrogen and oxygen atoms in total. The molecule has 1 N–H and O–H groups in total. The second-order valence-electron chi connectivity index (χ2n) is 7.12. The Balaban J connectivity index is 2.02. The summed E-state index contributed by atoms with van der Waals surface area (Å²) in [6.07, 6.45) is 5.84. The largest absolute Gasteiger partial charge is 0.358 e. The fourth-order valence-electron chi connectivity index (χ4n) is 3.44. The number of anilines is 1. The van der Waals surface area contributed by atoms with E-state index in [0.29, 0.717) is 17.8 Å². The molecule has 0 unspecified atom stereocenters. The highest BCUT2D eigenvalue weighted by Gasteiger charge is 2.19. The van der Waals surface area contributed by atoms with Crippen molar-refractivity contribution in [1.82, 2.24) is 9.55 Å². The predicted molar refractivity (Wildman–Crippen MR) is 105 cm³/mol. The molecule has 0 aliphatic carbocycles. The standard InChI is InChI=1S/C19H25N3O4S/c1-21-18(23)16(13-14-7-9-15(10-8-14)27(2,25)26)17(20-19(21)24)22-11-5-3-4-6-12-22/h7-10H,3-6,11-13H2,1-2H3,(H,20,24). The molecular weight excluding hydrogens is 366 g/mol. The monoisotopic (exact) mass is 391 g/mol. The minimum absolute atomic E-state index is 0.244. The number of hydrogen-bond donors (Lipinski definition) is 1. The van der Waals surface area contributed by atoms with Crippen molar-refractivity contribution in [2.24, 2.45) is 7.05 Å². The third-order valence-corrected chi connectivity index (χ3v) is 6.16. The predicted octanol–water partition coefficient (Wildman–Crippen LogP) is 1.45. The fraction of sp³-hybridized carbons (Fsp3) is 0.474. The Hall–Kier alpha value is -2.35. The summed E-state index contributed by atoms with van der Waals surface area (Å²) < 4.78 is 24.3. The van der Waals surface area contributed by atoms with Crippen molar-refractivity contribution in [3.05, 3.63) is 56.2 Å². The molecule has 1 fully saturated rings. The lowest BCUT2D eigenvalue weighted by molar-refractivity contribution is 0.602. The van der Waals surface area contributed by atoms with Crippen molar-refractivity contribution >= 4 is 15.7 Å². The highest BCUT2D eigenvalue weighted by atomic mass is 32.2. The molecule has 0 saturated carbocycles. The Morgan fingerprint density at radius 3 is 2.15 bits per heavy atom. The van der Waals surface area contributed by atoms with Crippen molar-refractivity contribution < 1.29 is 8.42 Å². The van der Waals surface area contributed by atoms with E-state index in [1.807, 2.05) is 0 Å². The number of nitrogens with one attached hydrogen (secondary N) is 1. The third-order valence-electron chi connectivity index (χ3n) is 5.03. The van der Waals surface area contributed by atoms with Gasteiger partial charge in [0.15, 0.2) is 9.84 Å². The van der Waals surface area contributed by atoms with Gasteiger partial charge in [-0.15, -0.1) is 0 Å². The summed E-state index contributed by atoms with van der Waals surface area (Å²) in [4.78, 5) is 30.2. The van der Waals surface area contributed by atoms with Crippen LogP contribution in [0.1, 0.15) is 36.8 Å². The van der Waals surface area contributed by atoms with E-state index in [2.05, 4.69) is 9.88 Å². The van der Waals surface area contributed by atoms with Crippen LogP contribution in [0.25, 0.3) is 0 Å². The van der Waals surface area contributed by atoms with Crippen molar-refractivity contribution in [3.8, 4) is 0 Å². The molecule has 0 amide bonds. The summed E-state index contributed by atoms with van der Waals surface area (Å²) in [5, 5.41) is 0. The van der Waals surface area contributed by atoms with Crippen LogP contribution < -0.4 is 16.1 Å². The molecule has 27 heavy (non-hydrogen) atoms. The Morgan fingerprint density at radius 2 is 1.59 bits per heavy atom. The van der Waals surface area contributed by atoms with Crippen molar-refractivity contribution in [1.29, 1.82) is 0 Å². The topological polar surface area (TPSA) is 92.2 Å². The first kappa shape index (κ1) is 19.4. The molecule has 8 heteroatoms. The van der Waals surface area contributed by atoms with Crippen molar-refractivity contribution in [3.63, 3.8) is 0 Å². The SMILES string of the molecule is Cn1c(=O)[nH]c(N2CCCCCC2)c(Cc2ccc(S(C)(=O)=O)cc2)c1=O. The molecule has 2 aromatic rings. The van der Waals surface area contributed by atoms with E-state index < -0.39 is 15.5 Å². The van der Waals surface area contributed by atoms with E-state index in [-0.39, 0.29) is 10.5 Å². The van der Waals surface area contributed by atoms with E-state index in [4.69, 9.17) is 0 Å². The highest BCUT2D eigenvalue weighted by Crippen LogP contribution is 2.21. The number of benzene rings is 1. The second kappa shape index (κ2) is 7.72. The van der Waals surface area contributed by atoms with Gasteiger partial charge in [0.2, 0.25) is 0 Å². The van der Waals surface area contributed by atoms with Gasteiger partial charge in [0, 0.05) is 32.8 Å². The van der Waals surface area contributed by atoms with Crippen LogP contribution in [-0.2, 0) is 23.3 Å². The molecule has 2 heterocycles. The lowest BCUT2D eigenvalue weighted by Crippen LogP contribution is -2.39.